The summed E-state index contributed by atoms with van der Waals surface area (Å²) < 4.78 is 6.21. The number of aryl methyl sites for hydroxylation is 1. The van der Waals surface area contributed by atoms with Crippen molar-refractivity contribution in [2.24, 2.45) is 13.0 Å². The summed E-state index contributed by atoms with van der Waals surface area (Å²) in [5.41, 5.74) is 0.319. The number of carbonyl (C=O) groups is 2. The Labute approximate surface area is 101 Å². The summed E-state index contributed by atoms with van der Waals surface area (Å²) in [5.74, 6) is -1.46. The Hall–Kier alpha value is -1.65. The number of Topliss-reactive ketones (excluding diaryl/α,β-unsaturated/α-hetero) is 1. The zero-order chi connectivity index (χ0) is 12.8. The number of ketones is 1. The van der Waals surface area contributed by atoms with Crippen LogP contribution in [0.1, 0.15) is 36.7 Å². The van der Waals surface area contributed by atoms with Gasteiger partial charge >= 0.3 is 5.97 Å². The average molecular weight is 238 g/mol. The second-order valence-electron chi connectivity index (χ2n) is 3.96. The summed E-state index contributed by atoms with van der Waals surface area (Å²) in [6.45, 7) is 2.01. The Balaban J connectivity index is 2.82. The van der Waals surface area contributed by atoms with Gasteiger partial charge in [0.15, 0.2) is 5.78 Å². The Morgan fingerprint density at radius 3 is 2.71 bits per heavy atom. The average Bonchev–Trinajstić information content (AvgIpc) is 2.75. The Kier molecular flexibility index (Phi) is 4.87. The van der Waals surface area contributed by atoms with Gasteiger partial charge in [-0.2, -0.15) is 5.10 Å². The molecule has 0 aromatic carbocycles. The predicted molar refractivity (Wildman–Crippen MR) is 62.6 cm³/mol. The molecule has 0 N–H and O–H groups in total. The van der Waals surface area contributed by atoms with Crippen LogP contribution in [0.4, 0.5) is 0 Å². The van der Waals surface area contributed by atoms with Crippen molar-refractivity contribution in [3.63, 3.8) is 0 Å². The van der Waals surface area contributed by atoms with Crippen LogP contribution in [0.3, 0.4) is 0 Å². The van der Waals surface area contributed by atoms with Gasteiger partial charge in [-0.3, -0.25) is 14.3 Å². The number of rotatable bonds is 6. The van der Waals surface area contributed by atoms with E-state index in [1.165, 1.54) is 7.11 Å². The number of esters is 1. The van der Waals surface area contributed by atoms with Crippen LogP contribution in [0.2, 0.25) is 0 Å². The van der Waals surface area contributed by atoms with E-state index in [-0.39, 0.29) is 5.78 Å². The molecule has 1 heterocycles. The number of hydrogen-bond acceptors (Lipinski definition) is 4. The fourth-order valence-electron chi connectivity index (χ4n) is 1.63. The highest BCUT2D eigenvalue weighted by Gasteiger charge is 2.29. The predicted octanol–water partition coefficient (Wildman–Crippen LogP) is 1.58. The lowest BCUT2D eigenvalue weighted by molar-refractivity contribution is -0.143. The number of ether oxygens (including phenoxy) is 1. The van der Waals surface area contributed by atoms with Gasteiger partial charge in [0.2, 0.25) is 0 Å². The van der Waals surface area contributed by atoms with Crippen LogP contribution in [0.15, 0.2) is 12.3 Å². The summed E-state index contributed by atoms with van der Waals surface area (Å²) >= 11 is 0. The van der Waals surface area contributed by atoms with Crippen molar-refractivity contribution in [1.29, 1.82) is 0 Å². The maximum atomic E-state index is 12.1. The third kappa shape index (κ3) is 3.41. The minimum atomic E-state index is -0.727. The first-order valence-electron chi connectivity index (χ1n) is 5.71. The summed E-state index contributed by atoms with van der Waals surface area (Å²) in [4.78, 5) is 23.6. The molecule has 0 aliphatic rings. The molecule has 1 unspecified atom stereocenters. The van der Waals surface area contributed by atoms with Gasteiger partial charge in [-0.1, -0.05) is 19.8 Å². The first-order chi connectivity index (χ1) is 8.10. The molecule has 1 aromatic heterocycles. The van der Waals surface area contributed by atoms with Crippen LogP contribution >= 0.6 is 0 Å². The monoisotopic (exact) mass is 238 g/mol. The van der Waals surface area contributed by atoms with Crippen molar-refractivity contribution in [2.45, 2.75) is 26.2 Å². The van der Waals surface area contributed by atoms with Gasteiger partial charge in [0.05, 0.1) is 7.11 Å². The van der Waals surface area contributed by atoms with Gasteiger partial charge in [0.1, 0.15) is 11.6 Å². The molecular formula is C12H18N2O3. The van der Waals surface area contributed by atoms with Crippen molar-refractivity contribution < 1.29 is 14.3 Å². The number of aromatic nitrogens is 2. The normalized spacial score (nSPS) is 12.2. The first kappa shape index (κ1) is 13.4. The molecule has 1 atom stereocenters. The highest BCUT2D eigenvalue weighted by molar-refractivity contribution is 6.07. The van der Waals surface area contributed by atoms with Crippen molar-refractivity contribution in [1.82, 2.24) is 9.78 Å². The fraction of sp³-hybridized carbons (Fsp3) is 0.583. The van der Waals surface area contributed by atoms with Gasteiger partial charge in [0, 0.05) is 13.2 Å². The van der Waals surface area contributed by atoms with Gasteiger partial charge in [-0.05, 0) is 12.5 Å². The zero-order valence-corrected chi connectivity index (χ0v) is 10.5. The number of hydrogen-bond donors (Lipinski definition) is 0. The zero-order valence-electron chi connectivity index (χ0n) is 10.5. The topological polar surface area (TPSA) is 61.2 Å². The largest absolute Gasteiger partial charge is 0.468 e. The molecule has 0 aliphatic carbocycles. The minimum absolute atomic E-state index is 0.258. The van der Waals surface area contributed by atoms with Crippen molar-refractivity contribution in [2.75, 3.05) is 7.11 Å². The van der Waals surface area contributed by atoms with Gasteiger partial charge in [-0.25, -0.2) is 0 Å². The molecule has 0 amide bonds. The van der Waals surface area contributed by atoms with E-state index in [4.69, 9.17) is 0 Å². The molecule has 0 radical (unpaired) electrons. The summed E-state index contributed by atoms with van der Waals surface area (Å²) in [7, 11) is 3.03. The van der Waals surface area contributed by atoms with E-state index in [0.29, 0.717) is 12.1 Å². The number of unbranched alkanes of at least 4 members (excludes halogenated alkanes) is 1. The fourth-order valence-corrected chi connectivity index (χ4v) is 1.63. The molecule has 0 fully saturated rings. The molecule has 94 valence electrons. The summed E-state index contributed by atoms with van der Waals surface area (Å²) in [6.07, 6.45) is 3.95. The quantitative estimate of drug-likeness (QED) is 0.429. The molecule has 1 aromatic rings. The van der Waals surface area contributed by atoms with E-state index in [1.54, 1.807) is 24.0 Å². The molecule has 0 saturated carbocycles. The van der Waals surface area contributed by atoms with Crippen LogP contribution < -0.4 is 0 Å². The lowest BCUT2D eigenvalue weighted by Gasteiger charge is -2.11. The molecule has 0 aliphatic heterocycles. The van der Waals surface area contributed by atoms with Gasteiger partial charge in [-0.15, -0.1) is 0 Å². The molecule has 1 rings (SSSR count). The van der Waals surface area contributed by atoms with E-state index in [2.05, 4.69) is 9.84 Å². The number of methoxy groups -OCH3 is 1. The number of nitrogens with zero attached hydrogens (tertiary/aromatic N) is 2. The Morgan fingerprint density at radius 2 is 2.24 bits per heavy atom. The molecule has 5 nitrogen and oxygen atoms in total. The van der Waals surface area contributed by atoms with Crippen molar-refractivity contribution in [3.8, 4) is 0 Å². The standard InChI is InChI=1S/C12H18N2O3/c1-4-5-6-9(12(16)17-3)11(15)10-7-8-14(2)13-10/h7-9H,4-6H2,1-3H3. The molecule has 0 saturated heterocycles. The van der Waals surface area contributed by atoms with Crippen LogP contribution in [0.5, 0.6) is 0 Å². The summed E-state index contributed by atoms with van der Waals surface area (Å²) in [5, 5.41) is 4.02. The molecule has 17 heavy (non-hydrogen) atoms. The molecule has 5 heteroatoms. The highest BCUT2D eigenvalue weighted by Crippen LogP contribution is 2.16. The van der Waals surface area contributed by atoms with Crippen LogP contribution in [-0.2, 0) is 16.6 Å². The van der Waals surface area contributed by atoms with Crippen molar-refractivity contribution in [3.05, 3.63) is 18.0 Å². The SMILES string of the molecule is CCCCC(C(=O)OC)C(=O)c1ccn(C)n1. The van der Waals surface area contributed by atoms with E-state index in [9.17, 15) is 9.59 Å². The smallest absolute Gasteiger partial charge is 0.316 e. The van der Waals surface area contributed by atoms with E-state index in [1.807, 2.05) is 6.92 Å². The highest BCUT2D eigenvalue weighted by atomic mass is 16.5. The second kappa shape index (κ2) is 6.18. The Bertz CT molecular complexity index is 398. The van der Waals surface area contributed by atoms with Gasteiger partial charge < -0.3 is 4.74 Å². The maximum absolute atomic E-state index is 12.1. The number of carbonyl (C=O) groups excluding carboxylic acids is 2. The van der Waals surface area contributed by atoms with Crippen LogP contribution in [-0.4, -0.2) is 28.6 Å². The second-order valence-corrected chi connectivity index (χ2v) is 3.96. The third-order valence-corrected chi connectivity index (χ3v) is 2.61. The van der Waals surface area contributed by atoms with Crippen LogP contribution in [0, 0.1) is 5.92 Å². The van der Waals surface area contributed by atoms with Gasteiger partial charge in [0.25, 0.3) is 0 Å². The van der Waals surface area contributed by atoms with E-state index < -0.39 is 11.9 Å². The lowest BCUT2D eigenvalue weighted by atomic mass is 9.95. The Morgan fingerprint density at radius 1 is 1.53 bits per heavy atom. The third-order valence-electron chi connectivity index (χ3n) is 2.61. The van der Waals surface area contributed by atoms with E-state index >= 15 is 0 Å². The molecule has 0 spiro atoms. The van der Waals surface area contributed by atoms with Crippen molar-refractivity contribution >= 4 is 11.8 Å². The maximum Gasteiger partial charge on any atom is 0.316 e. The first-order valence-corrected chi connectivity index (χ1v) is 5.71. The van der Waals surface area contributed by atoms with E-state index in [0.717, 1.165) is 12.8 Å². The summed E-state index contributed by atoms with van der Waals surface area (Å²) in [6, 6.07) is 1.62. The minimum Gasteiger partial charge on any atom is -0.468 e. The van der Waals surface area contributed by atoms with Crippen LogP contribution in [0.25, 0.3) is 0 Å². The lowest BCUT2D eigenvalue weighted by Crippen LogP contribution is -2.26. The molecular weight excluding hydrogens is 220 g/mol. The molecule has 0 bridgehead atoms.